The number of aromatic amines is 2. The molecule has 6 aromatic carbocycles. The molecule has 0 bridgehead atoms. The van der Waals surface area contributed by atoms with Gasteiger partial charge in [-0.15, -0.1) is 0 Å². The lowest BCUT2D eigenvalue weighted by molar-refractivity contribution is 0.305. The standard InChI is InChI=1S/C33H25N5/c1-38(18-28-34-30-24-14-6-2-10-20(24)21-11-3-7-15-25(21)31(30)35-28)19-29-36-32-26-16-8-4-12-22(26)23-13-5-9-17-27(23)33(32)37-29/h2-17H,18-19H2,1H3,(H,34,35)(H,36,37). The fraction of sp³-hybridized carbons (Fsp3) is 0.0909. The number of imidazole rings is 2. The van der Waals surface area contributed by atoms with Gasteiger partial charge < -0.3 is 9.97 Å². The van der Waals surface area contributed by atoms with Crippen LogP contribution in [0.1, 0.15) is 11.6 Å². The molecule has 0 aliphatic heterocycles. The van der Waals surface area contributed by atoms with E-state index in [4.69, 9.17) is 9.97 Å². The quantitative estimate of drug-likeness (QED) is 0.248. The van der Waals surface area contributed by atoms with E-state index in [9.17, 15) is 0 Å². The van der Waals surface area contributed by atoms with E-state index < -0.39 is 0 Å². The van der Waals surface area contributed by atoms with E-state index in [2.05, 4.69) is 119 Å². The van der Waals surface area contributed by atoms with Crippen molar-refractivity contribution in [3.8, 4) is 0 Å². The maximum Gasteiger partial charge on any atom is 0.121 e. The third-order valence-corrected chi connectivity index (χ3v) is 7.68. The maximum absolute atomic E-state index is 5.07. The lowest BCUT2D eigenvalue weighted by Gasteiger charge is -2.12. The fourth-order valence-corrected chi connectivity index (χ4v) is 6.06. The number of H-pyrrole nitrogens is 2. The van der Waals surface area contributed by atoms with Gasteiger partial charge in [-0.3, -0.25) is 4.90 Å². The number of hydrogen-bond donors (Lipinski definition) is 2. The van der Waals surface area contributed by atoms with E-state index >= 15 is 0 Å². The molecule has 182 valence electrons. The van der Waals surface area contributed by atoms with Gasteiger partial charge in [0.05, 0.1) is 35.2 Å². The molecule has 0 saturated heterocycles. The van der Waals surface area contributed by atoms with Gasteiger partial charge in [-0.2, -0.15) is 0 Å². The molecule has 0 fully saturated rings. The molecule has 0 spiro atoms. The molecule has 2 heterocycles. The zero-order valence-electron chi connectivity index (χ0n) is 21.0. The highest BCUT2D eigenvalue weighted by molar-refractivity contribution is 6.24. The normalized spacial score (nSPS) is 12.3. The van der Waals surface area contributed by atoms with Crippen LogP contribution in [0.25, 0.3) is 65.2 Å². The number of rotatable bonds is 4. The van der Waals surface area contributed by atoms with E-state index in [1.54, 1.807) is 0 Å². The summed E-state index contributed by atoms with van der Waals surface area (Å²) in [4.78, 5) is 19.7. The van der Waals surface area contributed by atoms with Crippen LogP contribution < -0.4 is 0 Å². The van der Waals surface area contributed by atoms with Crippen molar-refractivity contribution in [3.05, 3.63) is 109 Å². The molecule has 8 aromatic rings. The second-order valence-electron chi connectivity index (χ2n) is 10.2. The molecule has 8 rings (SSSR count). The van der Waals surface area contributed by atoms with Gasteiger partial charge in [-0.05, 0) is 28.6 Å². The number of fused-ring (bicyclic) bond motifs is 12. The molecular formula is C33H25N5. The monoisotopic (exact) mass is 491 g/mol. The summed E-state index contributed by atoms with van der Waals surface area (Å²) < 4.78 is 0. The van der Waals surface area contributed by atoms with Gasteiger partial charge in [0.25, 0.3) is 0 Å². The average Bonchev–Trinajstić information content (AvgIpc) is 3.58. The minimum Gasteiger partial charge on any atom is -0.340 e. The van der Waals surface area contributed by atoms with E-state index in [1.807, 2.05) is 0 Å². The van der Waals surface area contributed by atoms with Crippen LogP contribution in [0, 0.1) is 0 Å². The maximum atomic E-state index is 5.07. The second kappa shape index (κ2) is 8.13. The summed E-state index contributed by atoms with van der Waals surface area (Å²) in [6.07, 6.45) is 0. The SMILES string of the molecule is CN(Cc1nc2c3ccccc3c3ccccc3c2[nH]1)Cc1nc2c3ccccc3c3ccccc3c2[nH]1. The highest BCUT2D eigenvalue weighted by atomic mass is 15.1. The zero-order valence-corrected chi connectivity index (χ0v) is 21.0. The van der Waals surface area contributed by atoms with Crippen molar-refractivity contribution in [2.75, 3.05) is 7.05 Å². The van der Waals surface area contributed by atoms with Crippen LogP contribution in [0.2, 0.25) is 0 Å². The van der Waals surface area contributed by atoms with Crippen LogP contribution in [0.15, 0.2) is 97.1 Å². The molecule has 5 heteroatoms. The topological polar surface area (TPSA) is 60.6 Å². The molecule has 2 aromatic heterocycles. The smallest absolute Gasteiger partial charge is 0.121 e. The van der Waals surface area contributed by atoms with Crippen molar-refractivity contribution in [2.24, 2.45) is 0 Å². The molecule has 2 N–H and O–H groups in total. The van der Waals surface area contributed by atoms with Crippen molar-refractivity contribution >= 4 is 65.2 Å². The molecule has 0 atom stereocenters. The van der Waals surface area contributed by atoms with E-state index in [0.717, 1.165) is 33.7 Å². The number of hydrogen-bond acceptors (Lipinski definition) is 3. The minimum atomic E-state index is 0.690. The summed E-state index contributed by atoms with van der Waals surface area (Å²) >= 11 is 0. The summed E-state index contributed by atoms with van der Waals surface area (Å²) in [5.74, 6) is 1.91. The van der Waals surface area contributed by atoms with Gasteiger partial charge in [0.15, 0.2) is 0 Å². The van der Waals surface area contributed by atoms with E-state index in [0.29, 0.717) is 13.1 Å². The molecule has 0 amide bonds. The van der Waals surface area contributed by atoms with Gasteiger partial charge in [0.1, 0.15) is 11.6 Å². The zero-order chi connectivity index (χ0) is 25.2. The molecule has 38 heavy (non-hydrogen) atoms. The van der Waals surface area contributed by atoms with E-state index in [-0.39, 0.29) is 0 Å². The van der Waals surface area contributed by atoms with Gasteiger partial charge in [-0.1, -0.05) is 97.1 Å². The first-order valence-corrected chi connectivity index (χ1v) is 13.0. The molecule has 0 radical (unpaired) electrons. The van der Waals surface area contributed by atoms with Crippen LogP contribution >= 0.6 is 0 Å². The van der Waals surface area contributed by atoms with Crippen molar-refractivity contribution in [2.45, 2.75) is 13.1 Å². The Morgan fingerprint density at radius 3 is 1.18 bits per heavy atom. The molecule has 0 aliphatic rings. The predicted molar refractivity (Wildman–Crippen MR) is 157 cm³/mol. The summed E-state index contributed by atoms with van der Waals surface area (Å²) in [7, 11) is 2.12. The Morgan fingerprint density at radius 2 is 0.789 bits per heavy atom. The first-order chi connectivity index (χ1) is 18.7. The summed E-state index contributed by atoms with van der Waals surface area (Å²) in [5.41, 5.74) is 4.27. The highest BCUT2D eigenvalue weighted by Gasteiger charge is 2.16. The molecule has 0 saturated carbocycles. The number of nitrogens with one attached hydrogen (secondary N) is 2. The number of nitrogens with zero attached hydrogens (tertiary/aromatic N) is 3. The van der Waals surface area contributed by atoms with Crippen molar-refractivity contribution in [3.63, 3.8) is 0 Å². The lowest BCUT2D eigenvalue weighted by Crippen LogP contribution is -2.18. The Kier molecular flexibility index (Phi) is 4.57. The third-order valence-electron chi connectivity index (χ3n) is 7.68. The predicted octanol–water partition coefficient (Wildman–Crippen LogP) is 7.68. The first kappa shape index (κ1) is 21.4. The van der Waals surface area contributed by atoms with Crippen molar-refractivity contribution < 1.29 is 0 Å². The summed E-state index contributed by atoms with van der Waals surface area (Å²) in [6, 6.07) is 34.2. The molecule has 0 unspecified atom stereocenters. The van der Waals surface area contributed by atoms with Gasteiger partial charge in [-0.25, -0.2) is 9.97 Å². The Labute approximate surface area is 218 Å². The van der Waals surface area contributed by atoms with E-state index in [1.165, 1.54) is 43.1 Å². The number of aromatic nitrogens is 4. The van der Waals surface area contributed by atoms with Crippen molar-refractivity contribution in [1.82, 2.24) is 24.8 Å². The Morgan fingerprint density at radius 1 is 0.474 bits per heavy atom. The van der Waals surface area contributed by atoms with Crippen LogP contribution in [-0.2, 0) is 13.1 Å². The van der Waals surface area contributed by atoms with Crippen LogP contribution in [0.5, 0.6) is 0 Å². The molecular weight excluding hydrogens is 466 g/mol. The lowest BCUT2D eigenvalue weighted by atomic mass is 10.0. The van der Waals surface area contributed by atoms with Crippen molar-refractivity contribution in [1.29, 1.82) is 0 Å². The second-order valence-corrected chi connectivity index (χ2v) is 10.2. The Hall–Kier alpha value is -4.74. The van der Waals surface area contributed by atoms with Crippen LogP contribution in [0.4, 0.5) is 0 Å². The average molecular weight is 492 g/mol. The molecule has 0 aliphatic carbocycles. The first-order valence-electron chi connectivity index (χ1n) is 13.0. The van der Waals surface area contributed by atoms with Crippen LogP contribution in [0.3, 0.4) is 0 Å². The van der Waals surface area contributed by atoms with Gasteiger partial charge in [0.2, 0.25) is 0 Å². The summed E-state index contributed by atoms with van der Waals surface area (Å²) in [5, 5.41) is 9.76. The van der Waals surface area contributed by atoms with Crippen LogP contribution in [-0.4, -0.2) is 31.9 Å². The third kappa shape index (κ3) is 3.15. The summed E-state index contributed by atoms with van der Waals surface area (Å²) in [6.45, 7) is 1.38. The minimum absolute atomic E-state index is 0.690. The fourth-order valence-electron chi connectivity index (χ4n) is 6.06. The number of benzene rings is 6. The van der Waals surface area contributed by atoms with Gasteiger partial charge >= 0.3 is 0 Å². The molecule has 5 nitrogen and oxygen atoms in total. The Balaban J connectivity index is 1.18. The largest absolute Gasteiger partial charge is 0.340 e. The Bertz CT molecular complexity index is 1870. The van der Waals surface area contributed by atoms with Gasteiger partial charge in [0, 0.05) is 21.5 Å². The highest BCUT2D eigenvalue weighted by Crippen LogP contribution is 2.35.